The van der Waals surface area contributed by atoms with E-state index in [0.717, 1.165) is 13.1 Å². The van der Waals surface area contributed by atoms with E-state index in [1.54, 1.807) is 0 Å². The Morgan fingerprint density at radius 1 is 1.25 bits per heavy atom. The van der Waals surface area contributed by atoms with Crippen LogP contribution in [0.25, 0.3) is 0 Å². The molecule has 0 aliphatic carbocycles. The molecule has 2 unspecified atom stereocenters. The van der Waals surface area contributed by atoms with Crippen molar-refractivity contribution in [3.63, 3.8) is 0 Å². The van der Waals surface area contributed by atoms with Crippen LogP contribution in [0.4, 0.5) is 11.4 Å². The largest absolute Gasteiger partial charge is 0.382 e. The van der Waals surface area contributed by atoms with Crippen LogP contribution in [0.5, 0.6) is 0 Å². The molecule has 1 aromatic carbocycles. The highest BCUT2D eigenvalue weighted by Crippen LogP contribution is 2.30. The van der Waals surface area contributed by atoms with Gasteiger partial charge in [0, 0.05) is 43.1 Å². The maximum Gasteiger partial charge on any atom is 0.0376 e. The lowest BCUT2D eigenvalue weighted by Gasteiger charge is -2.41. The van der Waals surface area contributed by atoms with Crippen molar-refractivity contribution in [2.45, 2.75) is 45.7 Å². The van der Waals surface area contributed by atoms with E-state index in [2.05, 4.69) is 54.1 Å². The molecule has 1 aromatic rings. The van der Waals surface area contributed by atoms with Gasteiger partial charge in [0.2, 0.25) is 0 Å². The van der Waals surface area contributed by atoms with Gasteiger partial charge in [-0.15, -0.1) is 0 Å². The summed E-state index contributed by atoms with van der Waals surface area (Å²) in [5.74, 6) is 0. The van der Waals surface area contributed by atoms with E-state index in [4.69, 9.17) is 0 Å². The number of likely N-dealkylation sites (N-methyl/N-ethyl adjacent to an activating group) is 1. The first-order valence-corrected chi connectivity index (χ1v) is 8.06. The average Bonchev–Trinajstić information content (AvgIpc) is 2.46. The molecule has 0 bridgehead atoms. The molecular formula is C17H27N3. The van der Waals surface area contributed by atoms with Crippen LogP contribution in [0.3, 0.4) is 0 Å². The van der Waals surface area contributed by atoms with Gasteiger partial charge in [0.15, 0.2) is 0 Å². The molecule has 0 spiro atoms. The number of hydrogen-bond acceptors (Lipinski definition) is 3. The SMILES string of the molecule is CCN1CCN(c2ccc3c(c2)CCC(C)N3)CC1C. The summed E-state index contributed by atoms with van der Waals surface area (Å²) in [6.45, 7) is 11.5. The Morgan fingerprint density at radius 2 is 2.10 bits per heavy atom. The second kappa shape index (κ2) is 5.65. The minimum atomic E-state index is 0.612. The zero-order valence-corrected chi connectivity index (χ0v) is 13.0. The molecule has 0 amide bonds. The molecule has 2 aliphatic rings. The average molecular weight is 273 g/mol. The molecule has 1 N–H and O–H groups in total. The second-order valence-electron chi connectivity index (χ2n) is 6.35. The molecule has 3 rings (SSSR count). The van der Waals surface area contributed by atoms with E-state index >= 15 is 0 Å². The summed E-state index contributed by atoms with van der Waals surface area (Å²) in [6.07, 6.45) is 2.46. The number of nitrogens with zero attached hydrogens (tertiary/aromatic N) is 2. The van der Waals surface area contributed by atoms with E-state index in [9.17, 15) is 0 Å². The first-order chi connectivity index (χ1) is 9.67. The van der Waals surface area contributed by atoms with E-state index in [0.29, 0.717) is 12.1 Å². The molecule has 3 nitrogen and oxygen atoms in total. The molecular weight excluding hydrogens is 246 g/mol. The predicted molar refractivity (Wildman–Crippen MR) is 86.8 cm³/mol. The summed E-state index contributed by atoms with van der Waals surface area (Å²) in [6, 6.07) is 8.24. The first-order valence-electron chi connectivity index (χ1n) is 8.06. The van der Waals surface area contributed by atoms with Gasteiger partial charge in [0.1, 0.15) is 0 Å². The van der Waals surface area contributed by atoms with E-state index in [1.165, 1.54) is 42.9 Å². The van der Waals surface area contributed by atoms with Crippen molar-refractivity contribution in [3.05, 3.63) is 23.8 Å². The van der Waals surface area contributed by atoms with Gasteiger partial charge in [0.25, 0.3) is 0 Å². The molecule has 0 saturated carbocycles. The minimum absolute atomic E-state index is 0.612. The number of benzene rings is 1. The summed E-state index contributed by atoms with van der Waals surface area (Å²) in [4.78, 5) is 5.12. The van der Waals surface area contributed by atoms with Gasteiger partial charge in [-0.25, -0.2) is 0 Å². The maximum absolute atomic E-state index is 3.59. The third-order valence-corrected chi connectivity index (χ3v) is 4.87. The van der Waals surface area contributed by atoms with Crippen LogP contribution in [-0.2, 0) is 6.42 Å². The Bertz CT molecular complexity index is 471. The zero-order chi connectivity index (χ0) is 14.1. The van der Waals surface area contributed by atoms with Crippen LogP contribution in [0.1, 0.15) is 32.8 Å². The van der Waals surface area contributed by atoms with Crippen molar-refractivity contribution in [1.29, 1.82) is 0 Å². The Labute approximate surface area is 123 Å². The van der Waals surface area contributed by atoms with Gasteiger partial charge in [-0.05, 0) is 57.0 Å². The third kappa shape index (κ3) is 2.64. The number of aryl methyl sites for hydroxylation is 1. The third-order valence-electron chi connectivity index (χ3n) is 4.87. The number of anilines is 2. The second-order valence-corrected chi connectivity index (χ2v) is 6.35. The summed E-state index contributed by atoms with van der Waals surface area (Å²) >= 11 is 0. The number of fused-ring (bicyclic) bond motifs is 1. The standard InChI is InChI=1S/C17H27N3/c1-4-19-9-10-20(12-14(19)3)16-7-8-17-15(11-16)6-5-13(2)18-17/h7-8,11,13-14,18H,4-6,9-10,12H2,1-3H3. The molecule has 0 radical (unpaired) electrons. The van der Waals surface area contributed by atoms with E-state index in [-0.39, 0.29) is 0 Å². The van der Waals surface area contributed by atoms with Crippen molar-refractivity contribution in [2.75, 3.05) is 36.4 Å². The Morgan fingerprint density at radius 3 is 2.85 bits per heavy atom. The molecule has 2 aliphatic heterocycles. The fraction of sp³-hybridized carbons (Fsp3) is 0.647. The summed E-state index contributed by atoms with van der Waals surface area (Å²) in [5, 5.41) is 3.59. The van der Waals surface area contributed by atoms with Crippen molar-refractivity contribution < 1.29 is 0 Å². The molecule has 3 heteroatoms. The van der Waals surface area contributed by atoms with Crippen LogP contribution >= 0.6 is 0 Å². The van der Waals surface area contributed by atoms with Crippen LogP contribution < -0.4 is 10.2 Å². The fourth-order valence-corrected chi connectivity index (χ4v) is 3.53. The number of nitrogens with one attached hydrogen (secondary N) is 1. The van der Waals surface area contributed by atoms with Gasteiger partial charge in [-0.1, -0.05) is 6.92 Å². The lowest BCUT2D eigenvalue weighted by atomic mass is 9.98. The van der Waals surface area contributed by atoms with Gasteiger partial charge >= 0.3 is 0 Å². The number of rotatable bonds is 2. The van der Waals surface area contributed by atoms with Gasteiger partial charge in [0.05, 0.1) is 0 Å². The Kier molecular flexibility index (Phi) is 3.88. The Hall–Kier alpha value is -1.22. The molecule has 2 atom stereocenters. The monoisotopic (exact) mass is 273 g/mol. The highest BCUT2D eigenvalue weighted by molar-refractivity contribution is 5.62. The maximum atomic E-state index is 3.59. The summed E-state index contributed by atoms with van der Waals surface area (Å²) in [7, 11) is 0. The zero-order valence-electron chi connectivity index (χ0n) is 13.0. The molecule has 0 aromatic heterocycles. The van der Waals surface area contributed by atoms with Crippen molar-refractivity contribution in [3.8, 4) is 0 Å². The molecule has 1 fully saturated rings. The quantitative estimate of drug-likeness (QED) is 0.894. The van der Waals surface area contributed by atoms with Crippen LogP contribution in [0, 0.1) is 0 Å². The smallest absolute Gasteiger partial charge is 0.0376 e. The first kappa shape index (κ1) is 13.7. The van der Waals surface area contributed by atoms with E-state index in [1.807, 2.05) is 0 Å². The topological polar surface area (TPSA) is 18.5 Å². The normalized spacial score (nSPS) is 27.1. The fourth-order valence-electron chi connectivity index (χ4n) is 3.53. The Balaban J connectivity index is 1.75. The van der Waals surface area contributed by atoms with E-state index < -0.39 is 0 Å². The molecule has 1 saturated heterocycles. The molecule has 110 valence electrons. The lowest BCUT2D eigenvalue weighted by Crippen LogP contribution is -2.51. The summed E-state index contributed by atoms with van der Waals surface area (Å²) < 4.78 is 0. The van der Waals surface area contributed by atoms with Crippen LogP contribution in [0.2, 0.25) is 0 Å². The van der Waals surface area contributed by atoms with Gasteiger partial charge in [-0.3, -0.25) is 4.90 Å². The van der Waals surface area contributed by atoms with Gasteiger partial charge < -0.3 is 10.2 Å². The van der Waals surface area contributed by atoms with Gasteiger partial charge in [-0.2, -0.15) is 0 Å². The number of piperazine rings is 1. The predicted octanol–water partition coefficient (Wildman–Crippen LogP) is 2.96. The van der Waals surface area contributed by atoms with Crippen molar-refractivity contribution in [1.82, 2.24) is 4.90 Å². The number of hydrogen-bond donors (Lipinski definition) is 1. The van der Waals surface area contributed by atoms with Crippen molar-refractivity contribution >= 4 is 11.4 Å². The summed E-state index contributed by atoms with van der Waals surface area (Å²) in [5.41, 5.74) is 4.24. The highest BCUT2D eigenvalue weighted by Gasteiger charge is 2.23. The van der Waals surface area contributed by atoms with Crippen molar-refractivity contribution in [2.24, 2.45) is 0 Å². The minimum Gasteiger partial charge on any atom is -0.382 e. The molecule has 20 heavy (non-hydrogen) atoms. The lowest BCUT2D eigenvalue weighted by molar-refractivity contribution is 0.199. The molecule has 2 heterocycles. The van der Waals surface area contributed by atoms with Crippen LogP contribution in [0.15, 0.2) is 18.2 Å². The highest BCUT2D eigenvalue weighted by atomic mass is 15.3. The van der Waals surface area contributed by atoms with Crippen LogP contribution in [-0.4, -0.2) is 43.2 Å².